The zero-order valence-corrected chi connectivity index (χ0v) is 13.0. The van der Waals surface area contributed by atoms with E-state index in [0.717, 1.165) is 37.4 Å². The van der Waals surface area contributed by atoms with E-state index in [9.17, 15) is 9.90 Å². The number of likely N-dealkylation sites (tertiary alicyclic amines) is 1. The highest BCUT2D eigenvalue weighted by molar-refractivity contribution is 7.13. The third kappa shape index (κ3) is 3.56. The number of anilines is 1. The first-order valence-corrected chi connectivity index (χ1v) is 8.09. The molecule has 0 spiro atoms. The Morgan fingerprint density at radius 3 is 3.10 bits per heavy atom. The average Bonchev–Trinajstić information content (AvgIpc) is 3.00. The molecule has 1 aliphatic heterocycles. The molecule has 5 nitrogen and oxygen atoms in total. The van der Waals surface area contributed by atoms with E-state index in [0.29, 0.717) is 6.54 Å². The summed E-state index contributed by atoms with van der Waals surface area (Å²) >= 11 is 1.46. The van der Waals surface area contributed by atoms with Gasteiger partial charge in [-0.15, -0.1) is 11.3 Å². The molecule has 2 heterocycles. The number of thiazole rings is 1. The number of piperidine rings is 1. The predicted octanol–water partition coefficient (Wildman–Crippen LogP) is 1.73. The van der Waals surface area contributed by atoms with E-state index in [1.54, 1.807) is 18.1 Å². The van der Waals surface area contributed by atoms with Crippen molar-refractivity contribution in [3.63, 3.8) is 0 Å². The zero-order valence-electron chi connectivity index (χ0n) is 12.2. The van der Waals surface area contributed by atoms with Crippen LogP contribution in [0.2, 0.25) is 0 Å². The summed E-state index contributed by atoms with van der Waals surface area (Å²) in [5.41, 5.74) is 0. The van der Waals surface area contributed by atoms with Crippen LogP contribution in [0.4, 0.5) is 5.13 Å². The van der Waals surface area contributed by atoms with Crippen LogP contribution in [0, 0.1) is 0 Å². The normalized spacial score (nSPS) is 21.6. The Morgan fingerprint density at radius 1 is 1.65 bits per heavy atom. The minimum Gasteiger partial charge on any atom is -0.392 e. The molecule has 6 heteroatoms. The lowest BCUT2D eigenvalue weighted by atomic mass is 9.96. The van der Waals surface area contributed by atoms with Crippen molar-refractivity contribution >= 4 is 22.4 Å². The van der Waals surface area contributed by atoms with E-state index in [1.165, 1.54) is 11.3 Å². The third-order valence-corrected chi connectivity index (χ3v) is 4.79. The fourth-order valence-electron chi connectivity index (χ4n) is 2.69. The Hall–Kier alpha value is -0.980. The number of carbonyl (C=O) groups excluding carboxylic acids is 1. The maximum atomic E-state index is 12.3. The lowest BCUT2D eigenvalue weighted by Gasteiger charge is -2.38. The van der Waals surface area contributed by atoms with Gasteiger partial charge in [-0.05, 0) is 25.8 Å². The lowest BCUT2D eigenvalue weighted by Crippen LogP contribution is -2.50. The smallest absolute Gasteiger partial charge is 0.242 e. The monoisotopic (exact) mass is 297 g/mol. The molecule has 1 aromatic heterocycles. The molecule has 1 fully saturated rings. The number of rotatable bonds is 5. The largest absolute Gasteiger partial charge is 0.392 e. The molecule has 2 unspecified atom stereocenters. The van der Waals surface area contributed by atoms with E-state index in [-0.39, 0.29) is 18.1 Å². The van der Waals surface area contributed by atoms with Gasteiger partial charge in [-0.2, -0.15) is 0 Å². The number of aliphatic hydroxyl groups excluding tert-OH is 1. The number of carbonyl (C=O) groups is 1. The lowest BCUT2D eigenvalue weighted by molar-refractivity contribution is -0.121. The van der Waals surface area contributed by atoms with Crippen LogP contribution in [0.25, 0.3) is 0 Å². The SMILES string of the molecule is CCC(O)C1CCCCN1CC(=O)N(C)c1nccs1. The van der Waals surface area contributed by atoms with E-state index in [1.807, 2.05) is 12.3 Å². The highest BCUT2D eigenvalue weighted by atomic mass is 32.1. The van der Waals surface area contributed by atoms with Gasteiger partial charge in [-0.25, -0.2) is 4.98 Å². The Labute approximate surface area is 124 Å². The summed E-state index contributed by atoms with van der Waals surface area (Å²) in [5, 5.41) is 12.7. The molecule has 1 aliphatic rings. The van der Waals surface area contributed by atoms with E-state index >= 15 is 0 Å². The number of aromatic nitrogens is 1. The Morgan fingerprint density at radius 2 is 2.45 bits per heavy atom. The second kappa shape index (κ2) is 7.15. The van der Waals surface area contributed by atoms with Crippen LogP contribution in [-0.2, 0) is 4.79 Å². The van der Waals surface area contributed by atoms with E-state index < -0.39 is 0 Å². The third-order valence-electron chi connectivity index (χ3n) is 3.95. The molecule has 1 aromatic rings. The number of hydrogen-bond acceptors (Lipinski definition) is 5. The summed E-state index contributed by atoms with van der Waals surface area (Å²) in [5.74, 6) is 0.0372. The molecule has 2 rings (SSSR count). The van der Waals surface area contributed by atoms with Crippen LogP contribution in [0.1, 0.15) is 32.6 Å². The number of aliphatic hydroxyl groups is 1. The number of nitrogens with zero attached hydrogens (tertiary/aromatic N) is 3. The molecule has 0 aliphatic carbocycles. The fraction of sp³-hybridized carbons (Fsp3) is 0.714. The Kier molecular flexibility index (Phi) is 5.51. The van der Waals surface area contributed by atoms with Gasteiger partial charge in [0.05, 0.1) is 12.6 Å². The van der Waals surface area contributed by atoms with Crippen LogP contribution in [-0.4, -0.2) is 53.2 Å². The zero-order chi connectivity index (χ0) is 14.5. The van der Waals surface area contributed by atoms with Crippen molar-refractivity contribution in [3.05, 3.63) is 11.6 Å². The van der Waals surface area contributed by atoms with Gasteiger partial charge < -0.3 is 5.11 Å². The number of likely N-dealkylation sites (N-methyl/N-ethyl adjacent to an activating group) is 1. The Balaban J connectivity index is 1.98. The van der Waals surface area contributed by atoms with Crippen LogP contribution in [0.3, 0.4) is 0 Å². The van der Waals surface area contributed by atoms with Crippen molar-refractivity contribution in [1.29, 1.82) is 0 Å². The van der Waals surface area contributed by atoms with Crippen molar-refractivity contribution in [3.8, 4) is 0 Å². The second-order valence-electron chi connectivity index (χ2n) is 5.28. The van der Waals surface area contributed by atoms with Crippen LogP contribution in [0.15, 0.2) is 11.6 Å². The van der Waals surface area contributed by atoms with Crippen molar-refractivity contribution in [1.82, 2.24) is 9.88 Å². The summed E-state index contributed by atoms with van der Waals surface area (Å²) < 4.78 is 0. The highest BCUT2D eigenvalue weighted by Crippen LogP contribution is 2.22. The molecule has 20 heavy (non-hydrogen) atoms. The molecule has 0 bridgehead atoms. The van der Waals surface area contributed by atoms with Crippen molar-refractivity contribution < 1.29 is 9.90 Å². The van der Waals surface area contributed by atoms with Gasteiger partial charge in [-0.3, -0.25) is 14.6 Å². The minimum absolute atomic E-state index is 0.0372. The maximum absolute atomic E-state index is 12.3. The van der Waals surface area contributed by atoms with Crippen LogP contribution in [0.5, 0.6) is 0 Å². The van der Waals surface area contributed by atoms with Crippen LogP contribution >= 0.6 is 11.3 Å². The molecule has 112 valence electrons. The molecule has 0 saturated carbocycles. The van der Waals surface area contributed by atoms with Gasteiger partial charge in [0.1, 0.15) is 0 Å². The highest BCUT2D eigenvalue weighted by Gasteiger charge is 2.30. The van der Waals surface area contributed by atoms with Crippen molar-refractivity contribution in [2.45, 2.75) is 44.8 Å². The molecule has 2 atom stereocenters. The molecule has 1 amide bonds. The standard InChI is InChI=1S/C14H23N3O2S/c1-3-12(18)11-6-4-5-8-17(11)10-13(19)16(2)14-15-7-9-20-14/h7,9,11-12,18H,3-6,8,10H2,1-2H3. The topological polar surface area (TPSA) is 56.7 Å². The predicted molar refractivity (Wildman–Crippen MR) is 81.0 cm³/mol. The summed E-state index contributed by atoms with van der Waals surface area (Å²) in [4.78, 5) is 20.2. The fourth-order valence-corrected chi connectivity index (χ4v) is 3.31. The number of amides is 1. The second-order valence-corrected chi connectivity index (χ2v) is 6.15. The first-order valence-electron chi connectivity index (χ1n) is 7.21. The molecule has 0 aromatic carbocycles. The van der Waals surface area contributed by atoms with Gasteiger partial charge >= 0.3 is 0 Å². The molecule has 1 N–H and O–H groups in total. The van der Waals surface area contributed by atoms with Gasteiger partial charge in [0, 0.05) is 24.7 Å². The van der Waals surface area contributed by atoms with Gasteiger partial charge in [0.15, 0.2) is 5.13 Å². The molecular formula is C14H23N3O2S. The quantitative estimate of drug-likeness (QED) is 0.899. The van der Waals surface area contributed by atoms with E-state index in [2.05, 4.69) is 9.88 Å². The van der Waals surface area contributed by atoms with Crippen molar-refractivity contribution in [2.75, 3.05) is 25.0 Å². The summed E-state index contributed by atoms with van der Waals surface area (Å²) in [7, 11) is 1.76. The first-order chi connectivity index (χ1) is 9.63. The summed E-state index contributed by atoms with van der Waals surface area (Å²) in [6.45, 7) is 3.23. The molecule has 1 saturated heterocycles. The first kappa shape index (κ1) is 15.4. The summed E-state index contributed by atoms with van der Waals surface area (Å²) in [6, 6.07) is 0.113. The van der Waals surface area contributed by atoms with Crippen molar-refractivity contribution in [2.24, 2.45) is 0 Å². The average molecular weight is 297 g/mol. The van der Waals surface area contributed by atoms with E-state index in [4.69, 9.17) is 0 Å². The van der Waals surface area contributed by atoms with Crippen LogP contribution < -0.4 is 4.90 Å². The minimum atomic E-state index is -0.340. The maximum Gasteiger partial charge on any atom is 0.242 e. The van der Waals surface area contributed by atoms with Gasteiger partial charge in [0.25, 0.3) is 0 Å². The summed E-state index contributed by atoms with van der Waals surface area (Å²) in [6.07, 6.45) is 5.30. The number of hydrogen-bond donors (Lipinski definition) is 1. The van der Waals surface area contributed by atoms with Gasteiger partial charge in [-0.1, -0.05) is 13.3 Å². The van der Waals surface area contributed by atoms with Gasteiger partial charge in [0.2, 0.25) is 5.91 Å². The molecule has 0 radical (unpaired) electrons. The Bertz CT molecular complexity index is 424. The molecular weight excluding hydrogens is 274 g/mol.